The smallest absolute Gasteiger partial charge is 0.306 e. The molecule has 0 atom stereocenters. The van der Waals surface area contributed by atoms with Crippen molar-refractivity contribution in [2.75, 3.05) is 6.61 Å². The molecule has 5 heteroatoms. The van der Waals surface area contributed by atoms with Crippen LogP contribution < -0.4 is 0 Å². The topological polar surface area (TPSA) is 59.7 Å². The summed E-state index contributed by atoms with van der Waals surface area (Å²) < 4.78 is 10.2. The molecule has 0 amide bonds. The third-order valence-corrected chi connectivity index (χ3v) is 3.46. The maximum absolute atomic E-state index is 11.1. The molecular weight excluding hydrogens is 336 g/mol. The van der Waals surface area contributed by atoms with E-state index in [1.807, 2.05) is 13.8 Å². The Bertz CT molecular complexity index is 442. The van der Waals surface area contributed by atoms with Crippen molar-refractivity contribution < 1.29 is 19.1 Å². The Balaban J connectivity index is 0. The average molecular weight is 375 g/mol. The molecule has 0 bridgehead atoms. The number of aliphatic hydroxyl groups is 1. The van der Waals surface area contributed by atoms with Gasteiger partial charge in [-0.2, -0.15) is 12.6 Å². The number of ether oxygens (including phenoxy) is 1. The zero-order valence-electron chi connectivity index (χ0n) is 17.3. The number of carbonyl (C=O) groups excluding carboxylic acids is 1. The fraction of sp³-hybridized carbons (Fsp3) is 0.750. The van der Waals surface area contributed by atoms with Crippen LogP contribution >= 0.6 is 12.6 Å². The molecule has 0 unspecified atom stereocenters. The maximum Gasteiger partial charge on any atom is 0.306 e. The lowest BCUT2D eigenvalue weighted by molar-refractivity contribution is -0.143. The van der Waals surface area contributed by atoms with Crippen LogP contribution in [0.5, 0.6) is 0 Å². The Hall–Kier alpha value is -0.940. The summed E-state index contributed by atoms with van der Waals surface area (Å²) in [5.41, 5.74) is 0.772. The van der Waals surface area contributed by atoms with Crippen LogP contribution in [0.4, 0.5) is 0 Å². The number of rotatable bonds is 6. The van der Waals surface area contributed by atoms with Gasteiger partial charge in [0.1, 0.15) is 11.5 Å². The number of hydrogen-bond donors (Lipinski definition) is 2. The van der Waals surface area contributed by atoms with Crippen molar-refractivity contribution in [3.63, 3.8) is 0 Å². The summed E-state index contributed by atoms with van der Waals surface area (Å²) >= 11 is 3.97. The van der Waals surface area contributed by atoms with Crippen LogP contribution in [-0.2, 0) is 22.6 Å². The monoisotopic (exact) mass is 374 g/mol. The Kier molecular flexibility index (Phi) is 16.1. The molecule has 0 aliphatic heterocycles. The summed E-state index contributed by atoms with van der Waals surface area (Å²) in [5.74, 6) is 2.90. The minimum Gasteiger partial charge on any atom is -0.466 e. The van der Waals surface area contributed by atoms with E-state index in [0.29, 0.717) is 36.2 Å². The van der Waals surface area contributed by atoms with Gasteiger partial charge in [-0.05, 0) is 37.0 Å². The molecule has 1 aromatic rings. The predicted molar refractivity (Wildman–Crippen MR) is 108 cm³/mol. The normalized spacial score (nSPS) is 10.3. The number of hydrogen-bond acceptors (Lipinski definition) is 5. The van der Waals surface area contributed by atoms with Crippen LogP contribution in [0, 0.1) is 18.8 Å². The SMILES string of the molecule is CC(C)C(C)C.CC(C)S.CCOC(=O)CCc1cc(CO)c(C)o1. The van der Waals surface area contributed by atoms with Crippen molar-refractivity contribution in [2.24, 2.45) is 11.8 Å². The number of furan rings is 1. The van der Waals surface area contributed by atoms with Crippen LogP contribution in [0.2, 0.25) is 0 Å². The first-order valence-electron chi connectivity index (χ1n) is 9.07. The first kappa shape index (κ1) is 26.3. The highest BCUT2D eigenvalue weighted by atomic mass is 32.1. The second kappa shape index (κ2) is 15.3. The molecule has 1 aromatic heterocycles. The minimum atomic E-state index is -0.225. The average Bonchev–Trinajstić information content (AvgIpc) is 2.85. The first-order valence-corrected chi connectivity index (χ1v) is 9.59. The Morgan fingerprint density at radius 1 is 1.20 bits per heavy atom. The predicted octanol–water partition coefficient (Wildman–Crippen LogP) is 5.20. The van der Waals surface area contributed by atoms with Gasteiger partial charge in [0, 0.05) is 12.0 Å². The molecule has 148 valence electrons. The second-order valence-corrected chi connectivity index (χ2v) is 7.87. The third-order valence-electron chi connectivity index (χ3n) is 3.46. The summed E-state index contributed by atoms with van der Waals surface area (Å²) in [5, 5.41) is 9.47. The summed E-state index contributed by atoms with van der Waals surface area (Å²) in [6.45, 7) is 17.0. The molecule has 25 heavy (non-hydrogen) atoms. The van der Waals surface area contributed by atoms with Crippen molar-refractivity contribution in [3.05, 3.63) is 23.2 Å². The van der Waals surface area contributed by atoms with Gasteiger partial charge in [-0.3, -0.25) is 4.79 Å². The van der Waals surface area contributed by atoms with Gasteiger partial charge < -0.3 is 14.3 Å². The molecule has 0 aliphatic carbocycles. The van der Waals surface area contributed by atoms with Crippen molar-refractivity contribution >= 4 is 18.6 Å². The number of aryl methyl sites for hydroxylation is 2. The van der Waals surface area contributed by atoms with Gasteiger partial charge in [-0.15, -0.1) is 0 Å². The van der Waals surface area contributed by atoms with Crippen molar-refractivity contribution in [1.82, 2.24) is 0 Å². The zero-order valence-corrected chi connectivity index (χ0v) is 18.2. The van der Waals surface area contributed by atoms with Crippen LogP contribution in [0.1, 0.15) is 72.0 Å². The van der Waals surface area contributed by atoms with Gasteiger partial charge in [-0.25, -0.2) is 0 Å². The summed E-state index contributed by atoms with van der Waals surface area (Å²) in [6.07, 6.45) is 0.825. The molecule has 0 saturated carbocycles. The lowest BCUT2D eigenvalue weighted by atomic mass is 10.0. The van der Waals surface area contributed by atoms with E-state index in [-0.39, 0.29) is 12.6 Å². The molecule has 1 heterocycles. The number of thiol groups is 1. The van der Waals surface area contributed by atoms with Gasteiger partial charge in [0.15, 0.2) is 0 Å². The quantitative estimate of drug-likeness (QED) is 0.531. The third kappa shape index (κ3) is 16.3. The zero-order chi connectivity index (χ0) is 20.0. The highest BCUT2D eigenvalue weighted by molar-refractivity contribution is 7.80. The highest BCUT2D eigenvalue weighted by Gasteiger charge is 2.09. The molecule has 0 saturated heterocycles. The van der Waals surface area contributed by atoms with Gasteiger partial charge in [0.2, 0.25) is 0 Å². The van der Waals surface area contributed by atoms with Gasteiger partial charge >= 0.3 is 5.97 Å². The number of aliphatic hydroxyl groups excluding tert-OH is 1. The van der Waals surface area contributed by atoms with E-state index in [1.165, 1.54) is 0 Å². The van der Waals surface area contributed by atoms with Gasteiger partial charge in [0.25, 0.3) is 0 Å². The Morgan fingerprint density at radius 3 is 2.00 bits per heavy atom. The molecule has 1 rings (SSSR count). The van der Waals surface area contributed by atoms with Crippen molar-refractivity contribution in [3.8, 4) is 0 Å². The van der Waals surface area contributed by atoms with Crippen LogP contribution in [0.15, 0.2) is 10.5 Å². The van der Waals surface area contributed by atoms with E-state index in [0.717, 1.165) is 17.4 Å². The number of carbonyl (C=O) groups is 1. The fourth-order valence-electron chi connectivity index (χ4n) is 1.33. The standard InChI is InChI=1S/C11H16O4.C6H14.C3H8S/c1-3-14-11(13)5-4-10-6-9(7-12)8(2)15-10;1-5(2)6(3)4;1-3(2)4/h6,12H,3-5,7H2,1-2H3;5-6H,1-4H3;3-4H,1-2H3. The second-order valence-electron chi connectivity index (χ2n) is 6.84. The molecular formula is C20H38O4S. The van der Waals surface area contributed by atoms with Crippen LogP contribution in [-0.4, -0.2) is 22.9 Å². The largest absolute Gasteiger partial charge is 0.466 e. The van der Waals surface area contributed by atoms with Gasteiger partial charge in [0.05, 0.1) is 19.6 Å². The summed E-state index contributed by atoms with van der Waals surface area (Å²) in [6, 6.07) is 1.77. The Labute approximate surface area is 159 Å². The molecule has 0 fully saturated rings. The fourth-order valence-corrected chi connectivity index (χ4v) is 1.33. The Morgan fingerprint density at radius 2 is 1.68 bits per heavy atom. The molecule has 0 radical (unpaired) electrons. The van der Waals surface area contributed by atoms with E-state index in [9.17, 15) is 4.79 Å². The number of esters is 1. The van der Waals surface area contributed by atoms with Crippen LogP contribution in [0.25, 0.3) is 0 Å². The van der Waals surface area contributed by atoms with E-state index in [1.54, 1.807) is 19.9 Å². The lowest BCUT2D eigenvalue weighted by Gasteiger charge is -2.05. The first-order chi connectivity index (χ1) is 11.5. The van der Waals surface area contributed by atoms with E-state index in [2.05, 4.69) is 40.3 Å². The summed E-state index contributed by atoms with van der Waals surface area (Å²) in [7, 11) is 0. The summed E-state index contributed by atoms with van der Waals surface area (Å²) in [4.78, 5) is 11.1. The lowest BCUT2D eigenvalue weighted by Crippen LogP contribution is -2.04. The van der Waals surface area contributed by atoms with Crippen molar-refractivity contribution in [2.45, 2.75) is 80.1 Å². The minimum absolute atomic E-state index is 0.0330. The van der Waals surface area contributed by atoms with Gasteiger partial charge in [-0.1, -0.05) is 41.5 Å². The highest BCUT2D eigenvalue weighted by Crippen LogP contribution is 2.16. The molecule has 1 N–H and O–H groups in total. The maximum atomic E-state index is 11.1. The van der Waals surface area contributed by atoms with E-state index < -0.39 is 0 Å². The van der Waals surface area contributed by atoms with E-state index >= 15 is 0 Å². The van der Waals surface area contributed by atoms with Crippen molar-refractivity contribution in [1.29, 1.82) is 0 Å². The van der Waals surface area contributed by atoms with Crippen LogP contribution in [0.3, 0.4) is 0 Å². The molecule has 0 aliphatic rings. The molecule has 0 aromatic carbocycles. The molecule has 4 nitrogen and oxygen atoms in total. The van der Waals surface area contributed by atoms with E-state index in [4.69, 9.17) is 14.3 Å². The molecule has 0 spiro atoms.